The Balaban J connectivity index is 1.73. The van der Waals surface area contributed by atoms with Crippen LogP contribution in [0.5, 0.6) is 0 Å². The molecule has 1 saturated heterocycles. The Labute approximate surface area is 138 Å². The van der Waals surface area contributed by atoms with Gasteiger partial charge in [0.1, 0.15) is 17.3 Å². The third-order valence-corrected chi connectivity index (χ3v) is 3.99. The molecule has 0 atom stereocenters. The molecule has 1 aliphatic heterocycles. The van der Waals surface area contributed by atoms with E-state index in [1.165, 1.54) is 18.2 Å². The minimum atomic E-state index is -0.843. The van der Waals surface area contributed by atoms with Crippen LogP contribution in [0.4, 0.5) is 14.5 Å². The molecule has 1 fully saturated rings. The zero-order valence-electron chi connectivity index (χ0n) is 12.9. The summed E-state index contributed by atoms with van der Waals surface area (Å²) in [7, 11) is 0. The van der Waals surface area contributed by atoms with Gasteiger partial charge in [-0.3, -0.25) is 9.59 Å². The molecule has 4 nitrogen and oxygen atoms in total. The molecule has 2 aromatic carbocycles. The summed E-state index contributed by atoms with van der Waals surface area (Å²) in [6, 6.07) is 9.39. The maximum Gasteiger partial charge on any atom is 0.255 e. The standard InChI is InChI=1S/C18H16F2N2O2/c19-14-4-3-5-15(20)16(14)21-17(23)12-6-8-13(9-7-12)18(24)22-10-1-2-11-22/h3-9H,1-2,10-11H2,(H,21,23). The molecule has 1 aliphatic rings. The van der Waals surface area contributed by atoms with Gasteiger partial charge < -0.3 is 10.2 Å². The SMILES string of the molecule is O=C(Nc1c(F)cccc1F)c1ccc(C(=O)N2CCCC2)cc1. The third-order valence-electron chi connectivity index (χ3n) is 3.99. The van der Waals surface area contributed by atoms with Gasteiger partial charge in [0.05, 0.1) is 0 Å². The summed E-state index contributed by atoms with van der Waals surface area (Å²) in [5, 5.41) is 2.21. The molecule has 1 N–H and O–H groups in total. The first-order valence-corrected chi connectivity index (χ1v) is 7.71. The van der Waals surface area contributed by atoms with Crippen LogP contribution in [-0.4, -0.2) is 29.8 Å². The Hall–Kier alpha value is -2.76. The van der Waals surface area contributed by atoms with Gasteiger partial charge in [-0.25, -0.2) is 8.78 Å². The number of carbonyl (C=O) groups excluding carboxylic acids is 2. The lowest BCUT2D eigenvalue weighted by Crippen LogP contribution is -2.27. The van der Waals surface area contributed by atoms with Crippen molar-refractivity contribution < 1.29 is 18.4 Å². The fourth-order valence-corrected chi connectivity index (χ4v) is 2.67. The van der Waals surface area contributed by atoms with Crippen molar-refractivity contribution in [2.45, 2.75) is 12.8 Å². The van der Waals surface area contributed by atoms with Crippen LogP contribution in [0.1, 0.15) is 33.6 Å². The van der Waals surface area contributed by atoms with Crippen molar-refractivity contribution in [3.63, 3.8) is 0 Å². The Bertz CT molecular complexity index is 749. The number of hydrogen-bond acceptors (Lipinski definition) is 2. The Morgan fingerprint density at radius 2 is 1.42 bits per heavy atom. The summed E-state index contributed by atoms with van der Waals surface area (Å²) in [5.74, 6) is -2.40. The molecule has 2 amide bonds. The van der Waals surface area contributed by atoms with E-state index in [0.717, 1.165) is 38.1 Å². The van der Waals surface area contributed by atoms with Gasteiger partial charge in [-0.1, -0.05) is 6.07 Å². The molecule has 0 aromatic heterocycles. The van der Waals surface area contributed by atoms with E-state index in [9.17, 15) is 18.4 Å². The number of benzene rings is 2. The minimum absolute atomic E-state index is 0.0698. The lowest BCUT2D eigenvalue weighted by atomic mass is 10.1. The molecule has 0 bridgehead atoms. The smallest absolute Gasteiger partial charge is 0.255 e. The van der Waals surface area contributed by atoms with E-state index in [2.05, 4.69) is 5.32 Å². The average Bonchev–Trinajstić information content (AvgIpc) is 3.12. The second-order valence-corrected chi connectivity index (χ2v) is 5.63. The molecule has 24 heavy (non-hydrogen) atoms. The van der Waals surface area contributed by atoms with Crippen molar-refractivity contribution in [3.05, 3.63) is 65.2 Å². The van der Waals surface area contributed by atoms with Gasteiger partial charge >= 0.3 is 0 Å². The van der Waals surface area contributed by atoms with Crippen LogP contribution in [-0.2, 0) is 0 Å². The zero-order valence-corrected chi connectivity index (χ0v) is 12.9. The maximum atomic E-state index is 13.6. The first-order chi connectivity index (χ1) is 11.6. The molecule has 1 heterocycles. The number of likely N-dealkylation sites (tertiary alicyclic amines) is 1. The van der Waals surface area contributed by atoms with Crippen molar-refractivity contribution in [1.82, 2.24) is 4.90 Å². The number of nitrogens with one attached hydrogen (secondary N) is 1. The molecule has 0 aliphatic carbocycles. The number of halogens is 2. The van der Waals surface area contributed by atoms with E-state index < -0.39 is 23.2 Å². The molecule has 0 radical (unpaired) electrons. The number of rotatable bonds is 3. The highest BCUT2D eigenvalue weighted by atomic mass is 19.1. The first-order valence-electron chi connectivity index (χ1n) is 7.71. The van der Waals surface area contributed by atoms with Crippen LogP contribution in [0.2, 0.25) is 0 Å². The van der Waals surface area contributed by atoms with Gasteiger partial charge in [-0.05, 0) is 49.2 Å². The molecule has 2 aromatic rings. The molecular formula is C18H16F2N2O2. The molecule has 6 heteroatoms. The molecule has 3 rings (SSSR count). The van der Waals surface area contributed by atoms with Crippen molar-refractivity contribution in [3.8, 4) is 0 Å². The topological polar surface area (TPSA) is 49.4 Å². The second kappa shape index (κ2) is 6.78. The second-order valence-electron chi connectivity index (χ2n) is 5.63. The molecule has 0 saturated carbocycles. The van der Waals surface area contributed by atoms with Crippen molar-refractivity contribution in [2.24, 2.45) is 0 Å². The van der Waals surface area contributed by atoms with E-state index in [1.807, 2.05) is 0 Å². The number of hydrogen-bond donors (Lipinski definition) is 1. The Morgan fingerprint density at radius 3 is 2.00 bits per heavy atom. The van der Waals surface area contributed by atoms with Gasteiger partial charge in [0.2, 0.25) is 0 Å². The summed E-state index contributed by atoms with van der Waals surface area (Å²) in [4.78, 5) is 26.1. The third kappa shape index (κ3) is 3.27. The lowest BCUT2D eigenvalue weighted by molar-refractivity contribution is 0.0792. The number of carbonyl (C=O) groups is 2. The number of anilines is 1. The quantitative estimate of drug-likeness (QED) is 0.937. The van der Waals surface area contributed by atoms with Gasteiger partial charge in [0.25, 0.3) is 11.8 Å². The number of amides is 2. The fraction of sp³-hybridized carbons (Fsp3) is 0.222. The van der Waals surface area contributed by atoms with Crippen molar-refractivity contribution in [2.75, 3.05) is 18.4 Å². The predicted octanol–water partition coefficient (Wildman–Crippen LogP) is 3.45. The Kier molecular flexibility index (Phi) is 4.55. The van der Waals surface area contributed by atoms with Gasteiger partial charge in [0, 0.05) is 24.2 Å². The number of nitrogens with zero attached hydrogens (tertiary/aromatic N) is 1. The van der Waals surface area contributed by atoms with Crippen LogP contribution in [0.15, 0.2) is 42.5 Å². The van der Waals surface area contributed by atoms with E-state index in [4.69, 9.17) is 0 Å². The molecular weight excluding hydrogens is 314 g/mol. The summed E-state index contributed by atoms with van der Waals surface area (Å²) in [6.07, 6.45) is 2.00. The van der Waals surface area contributed by atoms with Crippen molar-refractivity contribution in [1.29, 1.82) is 0 Å². The van der Waals surface area contributed by atoms with E-state index in [1.54, 1.807) is 17.0 Å². The van der Waals surface area contributed by atoms with E-state index in [-0.39, 0.29) is 11.5 Å². The highest BCUT2D eigenvalue weighted by molar-refractivity contribution is 6.05. The van der Waals surface area contributed by atoms with Gasteiger partial charge in [-0.2, -0.15) is 0 Å². The minimum Gasteiger partial charge on any atom is -0.339 e. The molecule has 0 spiro atoms. The largest absolute Gasteiger partial charge is 0.339 e. The van der Waals surface area contributed by atoms with E-state index >= 15 is 0 Å². The number of para-hydroxylation sites is 1. The normalized spacial score (nSPS) is 13.8. The zero-order chi connectivity index (χ0) is 17.1. The van der Waals surface area contributed by atoms with E-state index in [0.29, 0.717) is 5.56 Å². The van der Waals surface area contributed by atoms with Crippen LogP contribution >= 0.6 is 0 Å². The predicted molar refractivity (Wildman–Crippen MR) is 85.9 cm³/mol. The maximum absolute atomic E-state index is 13.6. The summed E-state index contributed by atoms with van der Waals surface area (Å²) < 4.78 is 27.1. The van der Waals surface area contributed by atoms with Crippen LogP contribution in [0.25, 0.3) is 0 Å². The lowest BCUT2D eigenvalue weighted by Gasteiger charge is -2.15. The average molecular weight is 330 g/mol. The Morgan fingerprint density at radius 1 is 0.875 bits per heavy atom. The van der Waals surface area contributed by atoms with Crippen LogP contribution < -0.4 is 5.32 Å². The fourth-order valence-electron chi connectivity index (χ4n) is 2.67. The van der Waals surface area contributed by atoms with Crippen LogP contribution in [0, 0.1) is 11.6 Å². The summed E-state index contributed by atoms with van der Waals surface area (Å²) in [5.41, 5.74) is 0.223. The summed E-state index contributed by atoms with van der Waals surface area (Å²) in [6.45, 7) is 1.49. The molecule has 0 unspecified atom stereocenters. The van der Waals surface area contributed by atoms with Crippen LogP contribution in [0.3, 0.4) is 0 Å². The molecule has 124 valence electrons. The highest BCUT2D eigenvalue weighted by Crippen LogP contribution is 2.19. The van der Waals surface area contributed by atoms with Gasteiger partial charge in [-0.15, -0.1) is 0 Å². The highest BCUT2D eigenvalue weighted by Gasteiger charge is 2.20. The summed E-state index contributed by atoms with van der Waals surface area (Å²) >= 11 is 0. The monoisotopic (exact) mass is 330 g/mol. The first kappa shape index (κ1) is 16.1. The van der Waals surface area contributed by atoms with Crippen molar-refractivity contribution >= 4 is 17.5 Å². The van der Waals surface area contributed by atoms with Gasteiger partial charge in [0.15, 0.2) is 0 Å².